The molecule has 4 heteroatoms. The van der Waals surface area contributed by atoms with Crippen LogP contribution in [-0.2, 0) is 0 Å². The number of benzene rings is 1. The van der Waals surface area contributed by atoms with Crippen molar-refractivity contribution in [1.29, 1.82) is 0 Å². The van der Waals surface area contributed by atoms with Crippen LogP contribution in [-0.4, -0.2) is 13.6 Å². The third kappa shape index (κ3) is 2.79. The highest BCUT2D eigenvalue weighted by molar-refractivity contribution is 6.30. The lowest BCUT2D eigenvalue weighted by molar-refractivity contribution is 0.579. The molecule has 0 bridgehead atoms. The Morgan fingerprint density at radius 3 is 2.43 bits per heavy atom. The number of halogens is 3. The fourth-order valence-corrected chi connectivity index (χ4v) is 1.20. The van der Waals surface area contributed by atoms with Gasteiger partial charge in [0.05, 0.1) is 0 Å². The Bertz CT molecular complexity index is 327. The summed E-state index contributed by atoms with van der Waals surface area (Å²) in [5.41, 5.74) is -0.0651. The van der Waals surface area contributed by atoms with Crippen molar-refractivity contribution in [3.8, 4) is 0 Å². The van der Waals surface area contributed by atoms with Gasteiger partial charge in [0.15, 0.2) is 0 Å². The maximum Gasteiger partial charge on any atom is 0.134 e. The van der Waals surface area contributed by atoms with Crippen LogP contribution in [0.15, 0.2) is 18.2 Å². The smallest absolute Gasteiger partial charge is 0.134 e. The lowest BCUT2D eigenvalue weighted by atomic mass is 10.2. The molecule has 14 heavy (non-hydrogen) atoms. The summed E-state index contributed by atoms with van der Waals surface area (Å²) in [5.74, 6) is -1.30. The Morgan fingerprint density at radius 1 is 1.36 bits per heavy atom. The van der Waals surface area contributed by atoms with Gasteiger partial charge < -0.3 is 5.32 Å². The Hall–Kier alpha value is -0.930. The molecule has 76 valence electrons. The largest absolute Gasteiger partial charge is 0.316 e. The van der Waals surface area contributed by atoms with Crippen molar-refractivity contribution in [3.05, 3.63) is 40.4 Å². The molecule has 0 spiro atoms. The normalized spacial score (nSPS) is 11.1. The average molecular weight is 218 g/mol. The van der Waals surface area contributed by atoms with Crippen molar-refractivity contribution in [2.24, 2.45) is 0 Å². The second-order valence-electron chi connectivity index (χ2n) is 2.74. The molecular weight excluding hydrogens is 208 g/mol. The number of rotatable bonds is 3. The number of likely N-dealkylation sites (N-methyl/N-ethyl adjacent to an activating group) is 1. The topological polar surface area (TPSA) is 12.0 Å². The van der Waals surface area contributed by atoms with Gasteiger partial charge >= 0.3 is 0 Å². The number of hydrogen-bond acceptors (Lipinski definition) is 1. The molecule has 0 unspecified atom stereocenters. The van der Waals surface area contributed by atoms with Gasteiger partial charge in [-0.25, -0.2) is 8.78 Å². The summed E-state index contributed by atoms with van der Waals surface area (Å²) in [5, 5.41) is 2.89. The highest BCUT2D eigenvalue weighted by Crippen LogP contribution is 2.19. The van der Waals surface area contributed by atoms with Gasteiger partial charge in [0.25, 0.3) is 0 Å². The third-order valence-electron chi connectivity index (χ3n) is 1.65. The van der Waals surface area contributed by atoms with E-state index in [2.05, 4.69) is 5.32 Å². The quantitative estimate of drug-likeness (QED) is 0.821. The van der Waals surface area contributed by atoms with Gasteiger partial charge in [-0.2, -0.15) is 0 Å². The molecule has 0 heterocycles. The summed E-state index contributed by atoms with van der Waals surface area (Å²) in [6, 6.07) is 2.17. The molecule has 0 atom stereocenters. The Labute approximate surface area is 86.4 Å². The molecule has 1 N–H and O–H groups in total. The molecule has 0 aromatic heterocycles. The highest BCUT2D eigenvalue weighted by Gasteiger charge is 2.06. The molecule has 1 aromatic rings. The average Bonchev–Trinajstić information content (AvgIpc) is 2.09. The van der Waals surface area contributed by atoms with E-state index in [1.54, 1.807) is 13.1 Å². The number of nitrogens with one attached hydrogen (secondary N) is 1. The lowest BCUT2D eigenvalue weighted by Gasteiger charge is -2.00. The van der Waals surface area contributed by atoms with Crippen LogP contribution in [0.2, 0.25) is 5.02 Å². The van der Waals surface area contributed by atoms with Crippen LogP contribution >= 0.6 is 11.6 Å². The molecule has 1 aromatic carbocycles. The molecule has 0 fully saturated rings. The van der Waals surface area contributed by atoms with Gasteiger partial charge in [0.2, 0.25) is 0 Å². The van der Waals surface area contributed by atoms with Crippen molar-refractivity contribution >= 4 is 17.7 Å². The van der Waals surface area contributed by atoms with Crippen LogP contribution in [0.3, 0.4) is 0 Å². The van der Waals surface area contributed by atoms with Crippen molar-refractivity contribution in [2.75, 3.05) is 13.6 Å². The molecule has 1 nitrogen and oxygen atoms in total. The molecule has 0 saturated carbocycles. The van der Waals surface area contributed by atoms with E-state index in [1.165, 1.54) is 6.08 Å². The zero-order chi connectivity index (χ0) is 10.6. The molecular formula is C10H10ClF2N. The van der Waals surface area contributed by atoms with Gasteiger partial charge in [0.1, 0.15) is 11.6 Å². The minimum atomic E-state index is -0.651. The standard InChI is InChI=1S/C10H10ClF2N/c1-14-4-2-3-8-9(12)5-7(11)6-10(8)13/h2-3,5-6,14H,4H2,1H3. The first-order valence-corrected chi connectivity index (χ1v) is 4.48. The summed E-state index contributed by atoms with van der Waals surface area (Å²) < 4.78 is 26.3. The first-order valence-electron chi connectivity index (χ1n) is 4.11. The first kappa shape index (κ1) is 11.1. The van der Waals surface area contributed by atoms with Crippen molar-refractivity contribution < 1.29 is 8.78 Å². The SMILES string of the molecule is CNCC=Cc1c(F)cc(Cl)cc1F. The van der Waals surface area contributed by atoms with E-state index in [-0.39, 0.29) is 10.6 Å². The second-order valence-corrected chi connectivity index (χ2v) is 3.18. The van der Waals surface area contributed by atoms with Crippen LogP contribution in [0.5, 0.6) is 0 Å². The van der Waals surface area contributed by atoms with E-state index in [0.29, 0.717) is 6.54 Å². The van der Waals surface area contributed by atoms with E-state index in [1.807, 2.05) is 0 Å². The van der Waals surface area contributed by atoms with Crippen LogP contribution in [0.4, 0.5) is 8.78 Å². The van der Waals surface area contributed by atoms with Gasteiger partial charge in [-0.05, 0) is 19.2 Å². The summed E-state index contributed by atoms with van der Waals surface area (Å²) in [4.78, 5) is 0. The first-order chi connectivity index (χ1) is 6.65. The Balaban J connectivity index is 2.96. The zero-order valence-electron chi connectivity index (χ0n) is 7.65. The van der Waals surface area contributed by atoms with Crippen LogP contribution in [0, 0.1) is 11.6 Å². The Morgan fingerprint density at radius 2 is 1.93 bits per heavy atom. The van der Waals surface area contributed by atoms with E-state index in [0.717, 1.165) is 12.1 Å². The predicted molar refractivity (Wildman–Crippen MR) is 54.3 cm³/mol. The van der Waals surface area contributed by atoms with Crippen LogP contribution in [0.1, 0.15) is 5.56 Å². The van der Waals surface area contributed by atoms with Gasteiger partial charge in [0, 0.05) is 17.1 Å². The molecule has 0 radical (unpaired) electrons. The summed E-state index contributed by atoms with van der Waals surface area (Å²) >= 11 is 5.47. The maximum atomic E-state index is 13.1. The predicted octanol–water partition coefficient (Wildman–Crippen LogP) is 2.85. The van der Waals surface area contributed by atoms with E-state index < -0.39 is 11.6 Å². The molecule has 0 saturated heterocycles. The zero-order valence-corrected chi connectivity index (χ0v) is 8.41. The Kier molecular flexibility index (Phi) is 4.04. The molecule has 0 amide bonds. The third-order valence-corrected chi connectivity index (χ3v) is 1.87. The molecule has 0 aliphatic heterocycles. The maximum absolute atomic E-state index is 13.1. The molecule has 0 aliphatic carbocycles. The summed E-state index contributed by atoms with van der Waals surface area (Å²) in [7, 11) is 1.75. The van der Waals surface area contributed by atoms with E-state index >= 15 is 0 Å². The fraction of sp³-hybridized carbons (Fsp3) is 0.200. The monoisotopic (exact) mass is 217 g/mol. The van der Waals surface area contributed by atoms with Crippen molar-refractivity contribution in [2.45, 2.75) is 0 Å². The van der Waals surface area contributed by atoms with Crippen LogP contribution in [0.25, 0.3) is 6.08 Å². The minimum Gasteiger partial charge on any atom is -0.316 e. The van der Waals surface area contributed by atoms with Crippen molar-refractivity contribution in [3.63, 3.8) is 0 Å². The van der Waals surface area contributed by atoms with Crippen LogP contribution < -0.4 is 5.32 Å². The van der Waals surface area contributed by atoms with Gasteiger partial charge in [-0.1, -0.05) is 23.8 Å². The van der Waals surface area contributed by atoms with Gasteiger partial charge in [-0.3, -0.25) is 0 Å². The fourth-order valence-electron chi connectivity index (χ4n) is 1.01. The second kappa shape index (κ2) is 5.08. The molecule has 1 rings (SSSR count). The minimum absolute atomic E-state index is 0.0609. The highest BCUT2D eigenvalue weighted by atomic mass is 35.5. The van der Waals surface area contributed by atoms with Crippen molar-refractivity contribution in [1.82, 2.24) is 5.32 Å². The van der Waals surface area contributed by atoms with E-state index in [9.17, 15) is 8.78 Å². The summed E-state index contributed by atoms with van der Waals surface area (Å²) in [6.07, 6.45) is 3.02. The lowest BCUT2D eigenvalue weighted by Crippen LogP contribution is -2.03. The molecule has 0 aliphatic rings. The van der Waals surface area contributed by atoms with Gasteiger partial charge in [-0.15, -0.1) is 0 Å². The summed E-state index contributed by atoms with van der Waals surface area (Å²) in [6.45, 7) is 0.557. The number of hydrogen-bond donors (Lipinski definition) is 1. The van der Waals surface area contributed by atoms with E-state index in [4.69, 9.17) is 11.6 Å².